The van der Waals surface area contributed by atoms with Crippen molar-refractivity contribution in [1.29, 1.82) is 0 Å². The van der Waals surface area contributed by atoms with Gasteiger partial charge in [0.15, 0.2) is 0 Å². The van der Waals surface area contributed by atoms with Crippen LogP contribution in [-0.2, 0) is 14.3 Å². The molecule has 2 atom stereocenters. The molecular weight excluding hydrogens is 358 g/mol. The molecule has 0 spiro atoms. The molecule has 0 fully saturated rings. The molecule has 0 aliphatic heterocycles. The summed E-state index contributed by atoms with van der Waals surface area (Å²) < 4.78 is 5.20. The summed E-state index contributed by atoms with van der Waals surface area (Å²) in [7, 11) is 1.56. The molecule has 0 aliphatic carbocycles. The van der Waals surface area contributed by atoms with Crippen LogP contribution in [0.5, 0.6) is 0 Å². The second-order valence-electron chi connectivity index (χ2n) is 8.29. The first kappa shape index (κ1) is 23.5. The molecule has 0 saturated heterocycles. The molecule has 7 nitrogen and oxygen atoms in total. The van der Waals surface area contributed by atoms with Crippen LogP contribution in [0.1, 0.15) is 58.7 Å². The SMILES string of the molecule is Cc1ccc(C(C(=O)NC(C)C)N(C)C(=O)C(C)NC(=O)OC(C)(C)C)cc1. The summed E-state index contributed by atoms with van der Waals surface area (Å²) >= 11 is 0. The van der Waals surface area contributed by atoms with Crippen molar-refractivity contribution in [3.05, 3.63) is 35.4 Å². The van der Waals surface area contributed by atoms with Crippen molar-refractivity contribution in [2.24, 2.45) is 0 Å². The van der Waals surface area contributed by atoms with Crippen LogP contribution in [0.3, 0.4) is 0 Å². The number of hydrogen-bond donors (Lipinski definition) is 2. The van der Waals surface area contributed by atoms with Gasteiger partial charge in [-0.25, -0.2) is 4.79 Å². The van der Waals surface area contributed by atoms with E-state index in [0.29, 0.717) is 5.56 Å². The van der Waals surface area contributed by atoms with E-state index in [1.54, 1.807) is 34.7 Å². The molecule has 0 heterocycles. The summed E-state index contributed by atoms with van der Waals surface area (Å²) in [4.78, 5) is 39.0. The molecule has 1 aromatic rings. The highest BCUT2D eigenvalue weighted by atomic mass is 16.6. The maximum atomic E-state index is 12.9. The molecule has 1 aromatic carbocycles. The van der Waals surface area contributed by atoms with E-state index in [0.717, 1.165) is 5.56 Å². The van der Waals surface area contributed by atoms with Crippen molar-refractivity contribution in [1.82, 2.24) is 15.5 Å². The van der Waals surface area contributed by atoms with E-state index in [1.165, 1.54) is 4.90 Å². The average molecular weight is 392 g/mol. The number of alkyl carbamates (subject to hydrolysis) is 1. The normalized spacial score (nSPS) is 13.5. The van der Waals surface area contributed by atoms with E-state index in [9.17, 15) is 14.4 Å². The van der Waals surface area contributed by atoms with Crippen LogP contribution < -0.4 is 10.6 Å². The zero-order valence-corrected chi connectivity index (χ0v) is 18.1. The van der Waals surface area contributed by atoms with Gasteiger partial charge in [-0.3, -0.25) is 9.59 Å². The lowest BCUT2D eigenvalue weighted by molar-refractivity contribution is -0.140. The van der Waals surface area contributed by atoms with Crippen molar-refractivity contribution in [2.75, 3.05) is 7.05 Å². The van der Waals surface area contributed by atoms with Gasteiger partial charge in [-0.2, -0.15) is 0 Å². The van der Waals surface area contributed by atoms with Crippen LogP contribution in [0.2, 0.25) is 0 Å². The number of aryl methyl sites for hydroxylation is 1. The molecule has 2 N–H and O–H groups in total. The molecule has 0 saturated carbocycles. The largest absolute Gasteiger partial charge is 0.444 e. The van der Waals surface area contributed by atoms with Crippen molar-refractivity contribution >= 4 is 17.9 Å². The summed E-state index contributed by atoms with van der Waals surface area (Å²) in [5, 5.41) is 5.39. The van der Waals surface area contributed by atoms with E-state index < -0.39 is 29.7 Å². The third-order valence-electron chi connectivity index (χ3n) is 3.91. The van der Waals surface area contributed by atoms with E-state index in [2.05, 4.69) is 10.6 Å². The average Bonchev–Trinajstić information content (AvgIpc) is 2.53. The molecule has 0 aliphatic rings. The Morgan fingerprint density at radius 3 is 2.00 bits per heavy atom. The van der Waals surface area contributed by atoms with E-state index in [-0.39, 0.29) is 11.9 Å². The van der Waals surface area contributed by atoms with Crippen LogP contribution in [-0.4, -0.2) is 47.5 Å². The van der Waals surface area contributed by atoms with Gasteiger partial charge in [0.25, 0.3) is 0 Å². The molecule has 28 heavy (non-hydrogen) atoms. The number of amides is 3. The number of carbonyl (C=O) groups excluding carboxylic acids is 3. The molecule has 2 unspecified atom stereocenters. The van der Waals surface area contributed by atoms with E-state index in [1.807, 2.05) is 45.0 Å². The van der Waals surface area contributed by atoms with Crippen LogP contribution >= 0.6 is 0 Å². The Bertz CT molecular complexity index is 693. The molecule has 156 valence electrons. The quantitative estimate of drug-likeness (QED) is 0.780. The number of rotatable bonds is 6. The summed E-state index contributed by atoms with van der Waals surface area (Å²) in [5.41, 5.74) is 1.09. The second kappa shape index (κ2) is 9.57. The summed E-state index contributed by atoms with van der Waals surface area (Å²) in [5.74, 6) is -0.672. The van der Waals surface area contributed by atoms with Crippen LogP contribution in [0.4, 0.5) is 4.79 Å². The van der Waals surface area contributed by atoms with Crippen LogP contribution in [0, 0.1) is 6.92 Å². The lowest BCUT2D eigenvalue weighted by atomic mass is 10.0. The highest BCUT2D eigenvalue weighted by Crippen LogP contribution is 2.21. The van der Waals surface area contributed by atoms with Gasteiger partial charge in [-0.1, -0.05) is 29.8 Å². The first-order valence-corrected chi connectivity index (χ1v) is 9.45. The number of likely N-dealkylation sites (N-methyl/N-ethyl adjacent to an activating group) is 1. The summed E-state index contributed by atoms with van der Waals surface area (Å²) in [6, 6.07) is 5.72. The van der Waals surface area contributed by atoms with Gasteiger partial charge < -0.3 is 20.3 Å². The van der Waals surface area contributed by atoms with Gasteiger partial charge in [0.2, 0.25) is 11.8 Å². The number of hydrogen-bond acceptors (Lipinski definition) is 4. The van der Waals surface area contributed by atoms with Crippen molar-refractivity contribution in [3.63, 3.8) is 0 Å². The monoisotopic (exact) mass is 391 g/mol. The minimum atomic E-state index is -0.848. The maximum absolute atomic E-state index is 12.9. The van der Waals surface area contributed by atoms with Crippen LogP contribution in [0.15, 0.2) is 24.3 Å². The number of carbonyl (C=O) groups is 3. The maximum Gasteiger partial charge on any atom is 0.408 e. The Kier molecular flexibility index (Phi) is 8.02. The Morgan fingerprint density at radius 1 is 1.00 bits per heavy atom. The third-order valence-corrected chi connectivity index (χ3v) is 3.91. The summed E-state index contributed by atoms with van der Waals surface area (Å²) in [6.07, 6.45) is -0.680. The topological polar surface area (TPSA) is 87.7 Å². The lowest BCUT2D eigenvalue weighted by Crippen LogP contribution is -2.51. The van der Waals surface area contributed by atoms with Crippen molar-refractivity contribution < 1.29 is 19.1 Å². The zero-order chi connectivity index (χ0) is 21.6. The second-order valence-corrected chi connectivity index (χ2v) is 8.29. The van der Waals surface area contributed by atoms with Gasteiger partial charge in [0.1, 0.15) is 17.7 Å². The summed E-state index contributed by atoms with van der Waals surface area (Å²) in [6.45, 7) is 12.5. The van der Waals surface area contributed by atoms with E-state index >= 15 is 0 Å². The van der Waals surface area contributed by atoms with Gasteiger partial charge in [-0.15, -0.1) is 0 Å². The molecule has 0 radical (unpaired) electrons. The fraction of sp³-hybridized carbons (Fsp3) is 0.571. The van der Waals surface area contributed by atoms with Gasteiger partial charge in [0, 0.05) is 13.1 Å². The molecule has 7 heteroatoms. The fourth-order valence-electron chi connectivity index (χ4n) is 2.64. The van der Waals surface area contributed by atoms with Gasteiger partial charge in [-0.05, 0) is 54.0 Å². The molecule has 0 aromatic heterocycles. The molecule has 3 amide bonds. The predicted molar refractivity (Wildman–Crippen MR) is 109 cm³/mol. The first-order chi connectivity index (χ1) is 12.8. The molecular formula is C21H33N3O4. The third kappa shape index (κ3) is 7.21. The van der Waals surface area contributed by atoms with Crippen molar-refractivity contribution in [3.8, 4) is 0 Å². The Labute approximate surface area is 167 Å². The fourth-order valence-corrected chi connectivity index (χ4v) is 2.64. The highest BCUT2D eigenvalue weighted by Gasteiger charge is 2.32. The minimum absolute atomic E-state index is 0.0683. The van der Waals surface area contributed by atoms with Gasteiger partial charge in [0.05, 0.1) is 0 Å². The Balaban J connectivity index is 3.02. The Hall–Kier alpha value is -2.57. The number of nitrogens with zero attached hydrogens (tertiary/aromatic N) is 1. The predicted octanol–water partition coefficient (Wildman–Crippen LogP) is 2.93. The number of nitrogens with one attached hydrogen (secondary N) is 2. The smallest absolute Gasteiger partial charge is 0.408 e. The highest BCUT2D eigenvalue weighted by molar-refractivity contribution is 5.91. The minimum Gasteiger partial charge on any atom is -0.444 e. The number of ether oxygens (including phenoxy) is 1. The molecule has 1 rings (SSSR count). The zero-order valence-electron chi connectivity index (χ0n) is 18.1. The molecule has 0 bridgehead atoms. The lowest BCUT2D eigenvalue weighted by Gasteiger charge is -2.31. The standard InChI is InChI=1S/C21H33N3O4/c1-13(2)22-18(25)17(16-11-9-14(3)10-12-16)24(8)19(26)15(4)23-20(27)28-21(5,6)7/h9-13,15,17H,1-8H3,(H,22,25)(H,23,27). The first-order valence-electron chi connectivity index (χ1n) is 9.45. The number of benzene rings is 1. The Morgan fingerprint density at radius 2 is 1.54 bits per heavy atom. The van der Waals surface area contributed by atoms with Gasteiger partial charge >= 0.3 is 6.09 Å². The van der Waals surface area contributed by atoms with Crippen LogP contribution in [0.25, 0.3) is 0 Å². The van der Waals surface area contributed by atoms with Crippen molar-refractivity contribution in [2.45, 2.75) is 72.2 Å². The van der Waals surface area contributed by atoms with E-state index in [4.69, 9.17) is 4.74 Å².